The van der Waals surface area contributed by atoms with E-state index in [1.54, 1.807) is 0 Å². The van der Waals surface area contributed by atoms with E-state index in [0.29, 0.717) is 30.6 Å². The van der Waals surface area contributed by atoms with Crippen molar-refractivity contribution in [3.8, 4) is 5.88 Å². The van der Waals surface area contributed by atoms with Gasteiger partial charge in [-0.3, -0.25) is 0 Å². The third-order valence-electron chi connectivity index (χ3n) is 2.00. The monoisotopic (exact) mass is 226 g/mol. The molecule has 0 aromatic carbocycles. The van der Waals surface area contributed by atoms with Gasteiger partial charge in [-0.15, -0.1) is 0 Å². The van der Waals surface area contributed by atoms with E-state index >= 15 is 0 Å². The minimum atomic E-state index is 0.127. The van der Waals surface area contributed by atoms with Gasteiger partial charge in [-0.25, -0.2) is 4.98 Å². The van der Waals surface area contributed by atoms with Crippen molar-refractivity contribution in [1.82, 2.24) is 9.97 Å². The molecule has 0 saturated heterocycles. The lowest BCUT2D eigenvalue weighted by Gasteiger charge is -2.16. The molecule has 0 fully saturated rings. The van der Waals surface area contributed by atoms with Gasteiger partial charge in [-0.05, 0) is 13.8 Å². The molecule has 1 rings (SSSR count). The minimum absolute atomic E-state index is 0.127. The molecule has 0 saturated carbocycles. The Balaban J connectivity index is 2.66. The second-order valence-corrected chi connectivity index (χ2v) is 3.35. The van der Waals surface area contributed by atoms with Crippen molar-refractivity contribution in [3.63, 3.8) is 0 Å². The topological polar surface area (TPSA) is 82.3 Å². The Labute approximate surface area is 95.2 Å². The second kappa shape index (κ2) is 6.12. The average molecular weight is 226 g/mol. The molecule has 3 N–H and O–H groups in total. The quantitative estimate of drug-likeness (QED) is 0.750. The van der Waals surface area contributed by atoms with Gasteiger partial charge in [0.1, 0.15) is 12.0 Å². The van der Waals surface area contributed by atoms with Gasteiger partial charge in [0.15, 0.2) is 5.82 Å². The molecule has 0 aliphatic rings. The first-order valence-electron chi connectivity index (χ1n) is 5.17. The number of methoxy groups -OCH3 is 1. The van der Waals surface area contributed by atoms with Gasteiger partial charge in [0, 0.05) is 12.6 Å². The van der Waals surface area contributed by atoms with Crippen LogP contribution in [0.5, 0.6) is 5.88 Å². The molecule has 0 radical (unpaired) electrons. The Morgan fingerprint density at radius 2 is 2.25 bits per heavy atom. The second-order valence-electron chi connectivity index (χ2n) is 3.35. The van der Waals surface area contributed by atoms with Crippen LogP contribution >= 0.6 is 0 Å². The zero-order chi connectivity index (χ0) is 12.0. The standard InChI is InChI=1S/C10H18N4O2/c1-4-16-5-7(2)14-9-8(11)10(15-3)13-6-12-9/h6-7H,4-5,11H2,1-3H3,(H,12,13,14). The van der Waals surface area contributed by atoms with Crippen LogP contribution in [-0.4, -0.2) is 36.3 Å². The van der Waals surface area contributed by atoms with Crippen LogP contribution in [0.15, 0.2) is 6.33 Å². The Kier molecular flexibility index (Phi) is 4.78. The van der Waals surface area contributed by atoms with Gasteiger partial charge < -0.3 is 20.5 Å². The van der Waals surface area contributed by atoms with Crippen LogP contribution < -0.4 is 15.8 Å². The number of anilines is 2. The summed E-state index contributed by atoms with van der Waals surface area (Å²) in [7, 11) is 1.52. The molecule has 6 nitrogen and oxygen atoms in total. The van der Waals surface area contributed by atoms with Crippen molar-refractivity contribution in [2.24, 2.45) is 0 Å². The maximum Gasteiger partial charge on any atom is 0.242 e. The van der Waals surface area contributed by atoms with Crippen LogP contribution in [0.3, 0.4) is 0 Å². The predicted octanol–water partition coefficient (Wildman–Crippen LogP) is 0.904. The van der Waals surface area contributed by atoms with Crippen LogP contribution in [0.1, 0.15) is 13.8 Å². The van der Waals surface area contributed by atoms with Gasteiger partial charge in [-0.2, -0.15) is 4.98 Å². The Bertz CT molecular complexity index is 333. The van der Waals surface area contributed by atoms with E-state index in [9.17, 15) is 0 Å². The fourth-order valence-corrected chi connectivity index (χ4v) is 1.23. The third kappa shape index (κ3) is 3.23. The number of rotatable bonds is 6. The first kappa shape index (κ1) is 12.5. The number of nitrogen functional groups attached to an aromatic ring is 1. The highest BCUT2D eigenvalue weighted by Gasteiger charge is 2.10. The van der Waals surface area contributed by atoms with Crippen molar-refractivity contribution in [3.05, 3.63) is 6.33 Å². The fraction of sp³-hybridized carbons (Fsp3) is 0.600. The normalized spacial score (nSPS) is 12.2. The fourth-order valence-electron chi connectivity index (χ4n) is 1.23. The van der Waals surface area contributed by atoms with Gasteiger partial charge in [-0.1, -0.05) is 0 Å². The molecule has 90 valence electrons. The van der Waals surface area contributed by atoms with Gasteiger partial charge >= 0.3 is 0 Å². The minimum Gasteiger partial charge on any atom is -0.479 e. The number of nitrogens with zero attached hydrogens (tertiary/aromatic N) is 2. The van der Waals surface area contributed by atoms with Crippen molar-refractivity contribution in [1.29, 1.82) is 0 Å². The van der Waals surface area contributed by atoms with E-state index in [1.165, 1.54) is 13.4 Å². The first-order valence-corrected chi connectivity index (χ1v) is 5.17. The van der Waals surface area contributed by atoms with E-state index in [-0.39, 0.29) is 6.04 Å². The molecule has 0 bridgehead atoms. The molecule has 0 aliphatic carbocycles. The SMILES string of the molecule is CCOCC(C)Nc1ncnc(OC)c1N. The zero-order valence-electron chi connectivity index (χ0n) is 9.86. The Morgan fingerprint density at radius 1 is 1.50 bits per heavy atom. The largest absolute Gasteiger partial charge is 0.479 e. The molecular weight excluding hydrogens is 208 g/mol. The summed E-state index contributed by atoms with van der Waals surface area (Å²) in [5.74, 6) is 0.945. The zero-order valence-corrected chi connectivity index (χ0v) is 9.86. The molecular formula is C10H18N4O2. The third-order valence-corrected chi connectivity index (χ3v) is 2.00. The number of nitrogens with two attached hydrogens (primary N) is 1. The molecule has 0 aliphatic heterocycles. The van der Waals surface area contributed by atoms with Crippen LogP contribution in [-0.2, 0) is 4.74 Å². The summed E-state index contributed by atoms with van der Waals surface area (Å²) in [6.07, 6.45) is 1.41. The predicted molar refractivity (Wildman–Crippen MR) is 62.6 cm³/mol. The highest BCUT2D eigenvalue weighted by molar-refractivity contribution is 5.66. The van der Waals surface area contributed by atoms with Crippen molar-refractivity contribution in [2.75, 3.05) is 31.4 Å². The number of hydrogen-bond acceptors (Lipinski definition) is 6. The summed E-state index contributed by atoms with van der Waals surface area (Å²) in [6.45, 7) is 5.23. The number of hydrogen-bond donors (Lipinski definition) is 2. The summed E-state index contributed by atoms with van der Waals surface area (Å²) in [5, 5.41) is 3.14. The van der Waals surface area contributed by atoms with E-state index in [1.807, 2.05) is 13.8 Å². The van der Waals surface area contributed by atoms with Crippen LogP contribution in [0.2, 0.25) is 0 Å². The summed E-state index contributed by atoms with van der Waals surface area (Å²) in [4.78, 5) is 7.95. The molecule has 1 aromatic rings. The van der Waals surface area contributed by atoms with Crippen molar-refractivity contribution >= 4 is 11.5 Å². The van der Waals surface area contributed by atoms with Crippen molar-refractivity contribution in [2.45, 2.75) is 19.9 Å². The molecule has 1 aromatic heterocycles. The number of ether oxygens (including phenoxy) is 2. The molecule has 6 heteroatoms. The number of aromatic nitrogens is 2. The van der Waals surface area contributed by atoms with Crippen LogP contribution in [0.25, 0.3) is 0 Å². The maximum absolute atomic E-state index is 5.82. The highest BCUT2D eigenvalue weighted by Crippen LogP contribution is 2.24. The molecule has 1 atom stereocenters. The summed E-state index contributed by atoms with van der Waals surface area (Å²) in [5.41, 5.74) is 6.23. The average Bonchev–Trinajstić information content (AvgIpc) is 2.29. The van der Waals surface area contributed by atoms with Crippen molar-refractivity contribution < 1.29 is 9.47 Å². The Hall–Kier alpha value is -1.56. The first-order chi connectivity index (χ1) is 7.69. The van der Waals surface area contributed by atoms with Crippen LogP contribution in [0.4, 0.5) is 11.5 Å². The summed E-state index contributed by atoms with van der Waals surface area (Å²) < 4.78 is 10.3. The van der Waals surface area contributed by atoms with Crippen LogP contribution in [0, 0.1) is 0 Å². The van der Waals surface area contributed by atoms with Gasteiger partial charge in [0.05, 0.1) is 13.7 Å². The summed E-state index contributed by atoms with van der Waals surface area (Å²) in [6, 6.07) is 0.127. The van der Waals surface area contributed by atoms with E-state index in [2.05, 4.69) is 15.3 Å². The lowest BCUT2D eigenvalue weighted by Crippen LogP contribution is -2.23. The lowest BCUT2D eigenvalue weighted by atomic mass is 10.3. The highest BCUT2D eigenvalue weighted by atomic mass is 16.5. The number of nitrogens with one attached hydrogen (secondary N) is 1. The van der Waals surface area contributed by atoms with E-state index in [4.69, 9.17) is 15.2 Å². The van der Waals surface area contributed by atoms with Gasteiger partial charge in [0.25, 0.3) is 0 Å². The smallest absolute Gasteiger partial charge is 0.242 e. The van der Waals surface area contributed by atoms with E-state index < -0.39 is 0 Å². The molecule has 16 heavy (non-hydrogen) atoms. The molecule has 1 unspecified atom stereocenters. The Morgan fingerprint density at radius 3 is 2.88 bits per heavy atom. The maximum atomic E-state index is 5.82. The lowest BCUT2D eigenvalue weighted by molar-refractivity contribution is 0.141. The van der Waals surface area contributed by atoms with Gasteiger partial charge in [0.2, 0.25) is 5.88 Å². The summed E-state index contributed by atoms with van der Waals surface area (Å²) >= 11 is 0. The van der Waals surface area contributed by atoms with E-state index in [0.717, 1.165) is 0 Å². The molecule has 0 amide bonds. The molecule has 0 spiro atoms. The molecule has 1 heterocycles.